The van der Waals surface area contributed by atoms with Crippen LogP contribution in [0.25, 0.3) is 0 Å². The Kier molecular flexibility index (Phi) is 10.3. The van der Waals surface area contributed by atoms with Gasteiger partial charge in [-0.05, 0) is 50.4 Å². The SMILES string of the molecule is CCOC(OCC)O[SiH2]CCCCCc1ccc(F)cc1. The van der Waals surface area contributed by atoms with Crippen LogP contribution < -0.4 is 0 Å². The van der Waals surface area contributed by atoms with E-state index in [1.807, 2.05) is 26.0 Å². The second kappa shape index (κ2) is 11.9. The second-order valence-electron chi connectivity index (χ2n) is 4.86. The monoisotopic (exact) mass is 314 g/mol. The van der Waals surface area contributed by atoms with Crippen molar-refractivity contribution in [1.29, 1.82) is 0 Å². The van der Waals surface area contributed by atoms with E-state index in [0.717, 1.165) is 18.9 Å². The van der Waals surface area contributed by atoms with Gasteiger partial charge in [0.2, 0.25) is 0 Å². The molecule has 0 saturated carbocycles. The first kappa shape index (κ1) is 18.3. The quantitative estimate of drug-likeness (QED) is 0.336. The van der Waals surface area contributed by atoms with Crippen LogP contribution in [0.15, 0.2) is 24.3 Å². The molecule has 1 aromatic rings. The van der Waals surface area contributed by atoms with E-state index >= 15 is 0 Å². The van der Waals surface area contributed by atoms with Gasteiger partial charge in [0, 0.05) is 13.2 Å². The molecule has 0 unspecified atom stereocenters. The molecule has 1 rings (SSSR count). The molecule has 0 radical (unpaired) electrons. The Hall–Kier alpha value is -0.753. The largest absolute Gasteiger partial charge is 0.379 e. The standard InChI is InChI=1S/C16H27FO3Si/c1-3-18-16(19-4-2)20-21-13-7-5-6-8-14-9-11-15(17)12-10-14/h9-12,16H,3-8,13,21H2,1-2H3. The average molecular weight is 314 g/mol. The lowest BCUT2D eigenvalue weighted by atomic mass is 10.1. The minimum absolute atomic E-state index is 0.167. The van der Waals surface area contributed by atoms with Gasteiger partial charge in [0.1, 0.15) is 5.82 Å². The Bertz CT molecular complexity index is 353. The Morgan fingerprint density at radius 3 is 2.29 bits per heavy atom. The highest BCUT2D eigenvalue weighted by Gasteiger charge is 2.06. The van der Waals surface area contributed by atoms with E-state index < -0.39 is 16.2 Å². The fourth-order valence-corrected chi connectivity index (χ4v) is 3.14. The maximum Gasteiger partial charge on any atom is 0.261 e. The van der Waals surface area contributed by atoms with Crippen LogP contribution in [0.3, 0.4) is 0 Å². The Morgan fingerprint density at radius 1 is 1.00 bits per heavy atom. The van der Waals surface area contributed by atoms with Crippen molar-refractivity contribution in [1.82, 2.24) is 0 Å². The van der Waals surface area contributed by atoms with Gasteiger partial charge in [0.05, 0.1) is 0 Å². The molecule has 0 aliphatic heterocycles. The third-order valence-corrected chi connectivity index (χ3v) is 4.43. The number of unbranched alkanes of at least 4 members (excludes halogenated alkanes) is 2. The molecule has 0 atom stereocenters. The molecule has 0 N–H and O–H groups in total. The summed E-state index contributed by atoms with van der Waals surface area (Å²) in [5, 5.41) is 0. The summed E-state index contributed by atoms with van der Waals surface area (Å²) in [6.07, 6.45) is 4.52. The van der Waals surface area contributed by atoms with Gasteiger partial charge in [-0.1, -0.05) is 25.0 Å². The minimum Gasteiger partial charge on any atom is -0.379 e. The summed E-state index contributed by atoms with van der Waals surface area (Å²) in [6.45, 7) is 4.62. The molecule has 0 amide bonds. The Labute approximate surface area is 129 Å². The zero-order valence-corrected chi connectivity index (χ0v) is 14.6. The second-order valence-corrected chi connectivity index (χ2v) is 6.31. The van der Waals surface area contributed by atoms with Crippen LogP contribution >= 0.6 is 0 Å². The molecular formula is C16H27FO3Si. The number of hydrogen-bond acceptors (Lipinski definition) is 3. The van der Waals surface area contributed by atoms with Crippen LogP contribution in [0.1, 0.15) is 38.7 Å². The van der Waals surface area contributed by atoms with Crippen molar-refractivity contribution >= 4 is 9.76 Å². The number of rotatable bonds is 12. The van der Waals surface area contributed by atoms with Crippen molar-refractivity contribution in [2.45, 2.75) is 52.1 Å². The molecule has 3 nitrogen and oxygen atoms in total. The molecule has 0 bridgehead atoms. The summed E-state index contributed by atoms with van der Waals surface area (Å²) >= 11 is 0. The first-order chi connectivity index (χ1) is 10.3. The lowest BCUT2D eigenvalue weighted by molar-refractivity contribution is -0.243. The van der Waals surface area contributed by atoms with E-state index in [2.05, 4.69) is 0 Å². The molecule has 0 saturated heterocycles. The number of hydrogen-bond donors (Lipinski definition) is 0. The van der Waals surface area contributed by atoms with Crippen molar-refractivity contribution in [3.63, 3.8) is 0 Å². The predicted molar refractivity (Wildman–Crippen MR) is 85.4 cm³/mol. The lowest BCUT2D eigenvalue weighted by Gasteiger charge is -2.17. The molecule has 5 heteroatoms. The predicted octanol–water partition coefficient (Wildman–Crippen LogP) is 3.41. The fourth-order valence-electron chi connectivity index (χ4n) is 2.03. The Balaban J connectivity index is 2.00. The normalized spacial score (nSPS) is 11.8. The molecule has 0 aliphatic carbocycles. The number of ether oxygens (including phenoxy) is 2. The van der Waals surface area contributed by atoms with Crippen molar-refractivity contribution in [2.24, 2.45) is 0 Å². The molecule has 120 valence electrons. The minimum atomic E-state index is -0.573. The van der Waals surface area contributed by atoms with Gasteiger partial charge in [-0.3, -0.25) is 0 Å². The van der Waals surface area contributed by atoms with Crippen LogP contribution in [0.2, 0.25) is 6.04 Å². The average Bonchev–Trinajstić information content (AvgIpc) is 2.48. The molecule has 0 spiro atoms. The van der Waals surface area contributed by atoms with E-state index in [9.17, 15) is 4.39 Å². The summed E-state index contributed by atoms with van der Waals surface area (Å²) in [5.41, 5.74) is 1.21. The zero-order chi connectivity index (χ0) is 15.3. The molecule has 0 heterocycles. The smallest absolute Gasteiger partial charge is 0.261 e. The highest BCUT2D eigenvalue weighted by molar-refractivity contribution is 6.27. The molecule has 0 aliphatic rings. The van der Waals surface area contributed by atoms with E-state index in [0.29, 0.717) is 13.2 Å². The van der Waals surface area contributed by atoms with Gasteiger partial charge in [-0.25, -0.2) is 4.39 Å². The van der Waals surface area contributed by atoms with Gasteiger partial charge < -0.3 is 13.9 Å². The van der Waals surface area contributed by atoms with Crippen LogP contribution in [-0.2, 0) is 20.3 Å². The first-order valence-electron chi connectivity index (χ1n) is 7.85. The maximum atomic E-state index is 12.8. The fraction of sp³-hybridized carbons (Fsp3) is 0.625. The van der Waals surface area contributed by atoms with Crippen LogP contribution in [0, 0.1) is 5.82 Å². The van der Waals surface area contributed by atoms with Gasteiger partial charge in [-0.15, -0.1) is 0 Å². The van der Waals surface area contributed by atoms with Crippen molar-refractivity contribution in [3.8, 4) is 0 Å². The van der Waals surface area contributed by atoms with E-state index in [4.69, 9.17) is 13.9 Å². The molecule has 21 heavy (non-hydrogen) atoms. The van der Waals surface area contributed by atoms with Crippen molar-refractivity contribution in [2.75, 3.05) is 13.2 Å². The molecular weight excluding hydrogens is 287 g/mol. The summed E-state index contributed by atoms with van der Waals surface area (Å²) in [5.74, 6) is -0.167. The van der Waals surface area contributed by atoms with Crippen molar-refractivity contribution < 1.29 is 18.3 Å². The van der Waals surface area contributed by atoms with Crippen molar-refractivity contribution in [3.05, 3.63) is 35.6 Å². The van der Waals surface area contributed by atoms with Gasteiger partial charge in [0.25, 0.3) is 6.48 Å². The zero-order valence-electron chi connectivity index (χ0n) is 13.1. The highest BCUT2D eigenvalue weighted by Crippen LogP contribution is 2.09. The van der Waals surface area contributed by atoms with E-state index in [-0.39, 0.29) is 5.82 Å². The van der Waals surface area contributed by atoms with Crippen LogP contribution in [0.5, 0.6) is 0 Å². The third kappa shape index (κ3) is 8.98. The van der Waals surface area contributed by atoms with Gasteiger partial charge >= 0.3 is 0 Å². The summed E-state index contributed by atoms with van der Waals surface area (Å²) in [6, 6.07) is 7.92. The highest BCUT2D eigenvalue weighted by atomic mass is 28.2. The maximum absolute atomic E-state index is 12.8. The molecule has 0 fully saturated rings. The summed E-state index contributed by atoms with van der Waals surface area (Å²) < 4.78 is 29.1. The summed E-state index contributed by atoms with van der Waals surface area (Å²) in [4.78, 5) is 0. The number of aryl methyl sites for hydroxylation is 1. The van der Waals surface area contributed by atoms with Crippen LogP contribution in [-0.4, -0.2) is 29.5 Å². The lowest BCUT2D eigenvalue weighted by Crippen LogP contribution is -2.22. The summed E-state index contributed by atoms with van der Waals surface area (Å²) in [7, 11) is -0.573. The third-order valence-electron chi connectivity index (χ3n) is 3.13. The first-order valence-corrected chi connectivity index (χ1v) is 9.43. The molecule has 1 aromatic carbocycles. The number of halogens is 1. The topological polar surface area (TPSA) is 27.7 Å². The van der Waals surface area contributed by atoms with E-state index in [1.54, 1.807) is 0 Å². The molecule has 0 aromatic heterocycles. The number of benzene rings is 1. The van der Waals surface area contributed by atoms with Crippen LogP contribution in [0.4, 0.5) is 4.39 Å². The Morgan fingerprint density at radius 2 is 1.67 bits per heavy atom. The van der Waals surface area contributed by atoms with E-state index in [1.165, 1.54) is 30.5 Å². The van der Waals surface area contributed by atoms with Gasteiger partial charge in [-0.2, -0.15) is 0 Å². The van der Waals surface area contributed by atoms with Gasteiger partial charge in [0.15, 0.2) is 9.76 Å².